The van der Waals surface area contributed by atoms with E-state index in [1.165, 1.54) is 0 Å². The minimum atomic E-state index is -0.963. The van der Waals surface area contributed by atoms with Crippen molar-refractivity contribution in [2.45, 2.75) is 25.3 Å². The smallest absolute Gasteiger partial charge is 0.246 e. The van der Waals surface area contributed by atoms with Crippen LogP contribution in [-0.4, -0.2) is 49.4 Å². The summed E-state index contributed by atoms with van der Waals surface area (Å²) in [7, 11) is 4.20. The molecule has 0 aromatic heterocycles. The molecular formula is C17H28BrCl2N3O. The summed E-state index contributed by atoms with van der Waals surface area (Å²) >= 11 is 3.41. The molecule has 0 spiro atoms. The molecule has 1 amide bonds. The van der Waals surface area contributed by atoms with Crippen molar-refractivity contribution in [3.63, 3.8) is 0 Å². The number of likely N-dealkylation sites (tertiary alicyclic amines) is 1. The van der Waals surface area contributed by atoms with Crippen molar-refractivity contribution < 1.29 is 4.79 Å². The molecule has 1 aliphatic heterocycles. The van der Waals surface area contributed by atoms with E-state index in [1.807, 2.05) is 36.1 Å². The summed E-state index contributed by atoms with van der Waals surface area (Å²) in [5.41, 5.74) is 6.26. The summed E-state index contributed by atoms with van der Waals surface area (Å²) in [6.07, 6.45) is 2.11. The topological polar surface area (TPSA) is 49.6 Å². The molecule has 0 aliphatic carbocycles. The molecule has 4 nitrogen and oxygen atoms in total. The minimum Gasteiger partial charge on any atom is -0.341 e. The molecule has 0 bridgehead atoms. The fourth-order valence-corrected chi connectivity index (χ4v) is 3.35. The van der Waals surface area contributed by atoms with Crippen LogP contribution in [0.15, 0.2) is 28.7 Å². The van der Waals surface area contributed by atoms with Gasteiger partial charge >= 0.3 is 0 Å². The van der Waals surface area contributed by atoms with Crippen LogP contribution in [0.4, 0.5) is 0 Å². The normalized spacial score (nSPS) is 17.7. The van der Waals surface area contributed by atoms with Crippen molar-refractivity contribution in [1.82, 2.24) is 9.80 Å². The van der Waals surface area contributed by atoms with E-state index in [9.17, 15) is 4.79 Å². The molecule has 1 unspecified atom stereocenters. The standard InChI is InChI=1S/C17H26BrN3O.2ClH/c1-17(19,14-4-6-15(18)7-5-14)16(22)21-10-8-13(9-11-21)12-20(2)3;;/h4-7,13H,8-12,19H2,1-3H3;2*1H. The van der Waals surface area contributed by atoms with Gasteiger partial charge in [0, 0.05) is 24.1 Å². The van der Waals surface area contributed by atoms with Crippen molar-refractivity contribution in [3.05, 3.63) is 34.3 Å². The number of hydrogen-bond donors (Lipinski definition) is 1. The Bertz CT molecular complexity index is 515. The largest absolute Gasteiger partial charge is 0.341 e. The molecule has 1 atom stereocenters. The Morgan fingerprint density at radius 2 is 1.75 bits per heavy atom. The van der Waals surface area contributed by atoms with Gasteiger partial charge < -0.3 is 15.5 Å². The van der Waals surface area contributed by atoms with Crippen LogP contribution in [0.5, 0.6) is 0 Å². The highest BCUT2D eigenvalue weighted by Crippen LogP contribution is 2.26. The lowest BCUT2D eigenvalue weighted by Gasteiger charge is -2.37. The van der Waals surface area contributed by atoms with E-state index >= 15 is 0 Å². The lowest BCUT2D eigenvalue weighted by Crippen LogP contribution is -2.53. The number of benzene rings is 1. The van der Waals surface area contributed by atoms with Crippen LogP contribution in [0.3, 0.4) is 0 Å². The fourth-order valence-electron chi connectivity index (χ4n) is 3.08. The lowest BCUT2D eigenvalue weighted by molar-refractivity contribution is -0.138. The average Bonchev–Trinajstić information content (AvgIpc) is 2.47. The lowest BCUT2D eigenvalue weighted by atomic mass is 9.89. The molecule has 1 saturated heterocycles. The van der Waals surface area contributed by atoms with E-state index in [1.54, 1.807) is 0 Å². The molecule has 2 N–H and O–H groups in total. The highest BCUT2D eigenvalue weighted by Gasteiger charge is 2.36. The third-order valence-corrected chi connectivity index (χ3v) is 4.94. The molecular weight excluding hydrogens is 413 g/mol. The Hall–Kier alpha value is -0.330. The van der Waals surface area contributed by atoms with Gasteiger partial charge in [0.2, 0.25) is 5.91 Å². The van der Waals surface area contributed by atoms with Crippen LogP contribution in [0.1, 0.15) is 25.3 Å². The van der Waals surface area contributed by atoms with Gasteiger partial charge in [0.15, 0.2) is 0 Å². The minimum absolute atomic E-state index is 0. The number of piperidine rings is 1. The zero-order valence-electron chi connectivity index (χ0n) is 14.5. The van der Waals surface area contributed by atoms with Crippen molar-refractivity contribution in [2.24, 2.45) is 11.7 Å². The molecule has 1 heterocycles. The Morgan fingerprint density at radius 1 is 1.25 bits per heavy atom. The first-order valence-corrected chi connectivity index (χ1v) is 8.59. The molecule has 2 rings (SSSR count). The Labute approximate surface area is 166 Å². The number of carbonyl (C=O) groups is 1. The van der Waals surface area contributed by atoms with Crippen molar-refractivity contribution >= 4 is 46.7 Å². The van der Waals surface area contributed by atoms with Gasteiger partial charge in [0.25, 0.3) is 0 Å². The van der Waals surface area contributed by atoms with E-state index < -0.39 is 5.54 Å². The number of nitrogens with two attached hydrogens (primary N) is 1. The Kier molecular flexibility index (Phi) is 9.84. The predicted octanol–water partition coefficient (Wildman–Crippen LogP) is 3.27. The van der Waals surface area contributed by atoms with Crippen LogP contribution < -0.4 is 5.73 Å². The summed E-state index contributed by atoms with van der Waals surface area (Å²) in [4.78, 5) is 17.0. The second kappa shape index (κ2) is 9.97. The molecule has 138 valence electrons. The van der Waals surface area contributed by atoms with Gasteiger partial charge in [0.1, 0.15) is 5.54 Å². The zero-order chi connectivity index (χ0) is 16.3. The maximum atomic E-state index is 12.8. The van der Waals surface area contributed by atoms with E-state index in [-0.39, 0.29) is 30.7 Å². The third kappa shape index (κ3) is 5.88. The first-order valence-electron chi connectivity index (χ1n) is 7.79. The number of nitrogens with zero attached hydrogens (tertiary/aromatic N) is 2. The van der Waals surface area contributed by atoms with Crippen LogP contribution in [0, 0.1) is 5.92 Å². The van der Waals surface area contributed by atoms with Gasteiger partial charge in [-0.15, -0.1) is 24.8 Å². The summed E-state index contributed by atoms with van der Waals surface area (Å²) < 4.78 is 0.990. The zero-order valence-corrected chi connectivity index (χ0v) is 17.7. The van der Waals surface area contributed by atoms with E-state index in [4.69, 9.17) is 5.73 Å². The SMILES string of the molecule is CN(C)CC1CCN(C(=O)C(C)(N)c2ccc(Br)cc2)CC1.Cl.Cl. The quantitative estimate of drug-likeness (QED) is 0.781. The van der Waals surface area contributed by atoms with Crippen LogP contribution in [-0.2, 0) is 10.3 Å². The molecule has 1 aromatic rings. The van der Waals surface area contributed by atoms with Gasteiger partial charge in [0.05, 0.1) is 0 Å². The Morgan fingerprint density at radius 3 is 2.21 bits per heavy atom. The molecule has 0 radical (unpaired) electrons. The van der Waals surface area contributed by atoms with Crippen molar-refractivity contribution in [1.29, 1.82) is 0 Å². The van der Waals surface area contributed by atoms with Crippen molar-refractivity contribution in [3.8, 4) is 0 Å². The van der Waals surface area contributed by atoms with Crippen molar-refractivity contribution in [2.75, 3.05) is 33.7 Å². The van der Waals surface area contributed by atoms with Crippen LogP contribution in [0.2, 0.25) is 0 Å². The second-order valence-corrected chi connectivity index (χ2v) is 7.62. The number of rotatable bonds is 4. The monoisotopic (exact) mass is 439 g/mol. The van der Waals surface area contributed by atoms with Gasteiger partial charge in [-0.3, -0.25) is 4.79 Å². The maximum absolute atomic E-state index is 12.8. The number of carbonyl (C=O) groups excluding carboxylic acids is 1. The number of hydrogen-bond acceptors (Lipinski definition) is 3. The molecule has 7 heteroatoms. The molecule has 1 aromatic carbocycles. The highest BCUT2D eigenvalue weighted by molar-refractivity contribution is 9.10. The van der Waals surface area contributed by atoms with Crippen LogP contribution >= 0.6 is 40.7 Å². The van der Waals surface area contributed by atoms with Crippen LogP contribution in [0.25, 0.3) is 0 Å². The number of amides is 1. The first-order chi connectivity index (χ1) is 10.3. The highest BCUT2D eigenvalue weighted by atomic mass is 79.9. The predicted molar refractivity (Wildman–Crippen MR) is 108 cm³/mol. The second-order valence-electron chi connectivity index (χ2n) is 6.71. The van der Waals surface area contributed by atoms with Gasteiger partial charge in [-0.1, -0.05) is 28.1 Å². The number of halogens is 3. The van der Waals surface area contributed by atoms with E-state index in [2.05, 4.69) is 34.9 Å². The summed E-state index contributed by atoms with van der Waals surface area (Å²) in [5, 5.41) is 0. The Balaban J connectivity index is 0.00000264. The van der Waals surface area contributed by atoms with Gasteiger partial charge in [-0.25, -0.2) is 0 Å². The molecule has 0 saturated carbocycles. The molecule has 1 fully saturated rings. The maximum Gasteiger partial charge on any atom is 0.246 e. The summed E-state index contributed by atoms with van der Waals surface area (Å²) in [6, 6.07) is 7.69. The van der Waals surface area contributed by atoms with Gasteiger partial charge in [-0.2, -0.15) is 0 Å². The first kappa shape index (κ1) is 23.7. The third-order valence-electron chi connectivity index (χ3n) is 4.41. The molecule has 24 heavy (non-hydrogen) atoms. The van der Waals surface area contributed by atoms with E-state index in [0.717, 1.165) is 42.5 Å². The average molecular weight is 441 g/mol. The summed E-state index contributed by atoms with van der Waals surface area (Å²) in [5.74, 6) is 0.703. The van der Waals surface area contributed by atoms with Gasteiger partial charge in [-0.05, 0) is 57.5 Å². The molecule has 1 aliphatic rings. The fraction of sp³-hybridized carbons (Fsp3) is 0.588. The van der Waals surface area contributed by atoms with E-state index in [0.29, 0.717) is 5.92 Å². The summed E-state index contributed by atoms with van der Waals surface area (Å²) in [6.45, 7) is 4.51.